The lowest BCUT2D eigenvalue weighted by Crippen LogP contribution is -2.48. The Kier molecular flexibility index (Phi) is 6.98. The van der Waals surface area contributed by atoms with Crippen LogP contribution >= 0.6 is 0 Å². The summed E-state index contributed by atoms with van der Waals surface area (Å²) < 4.78 is 40.8. The summed E-state index contributed by atoms with van der Waals surface area (Å²) in [7, 11) is 0. The van der Waals surface area contributed by atoms with Crippen molar-refractivity contribution >= 4 is 17.5 Å². The van der Waals surface area contributed by atoms with Gasteiger partial charge in [0.05, 0.1) is 0 Å². The number of carbonyl (C=O) groups is 2. The number of nitrogens with one attached hydrogen (secondary N) is 1. The van der Waals surface area contributed by atoms with E-state index in [1.165, 1.54) is 4.90 Å². The molecule has 2 atom stereocenters. The Hall–Kier alpha value is -3.65. The van der Waals surface area contributed by atoms with Crippen molar-refractivity contribution in [3.63, 3.8) is 0 Å². The second kappa shape index (κ2) is 10.1. The van der Waals surface area contributed by atoms with Gasteiger partial charge in [0.2, 0.25) is 11.8 Å². The van der Waals surface area contributed by atoms with Crippen LogP contribution in [0.3, 0.4) is 0 Å². The third-order valence-electron chi connectivity index (χ3n) is 5.90. The molecular weight excluding hydrogens is 443 g/mol. The fraction of sp³-hybridized carbons (Fsp3) is 0.231. The molecule has 4 rings (SSSR count). The molecule has 5 nitrogen and oxygen atoms in total. The average molecular weight is 467 g/mol. The molecule has 0 aliphatic carbocycles. The van der Waals surface area contributed by atoms with Crippen molar-refractivity contribution in [3.05, 3.63) is 101 Å². The van der Waals surface area contributed by atoms with E-state index in [9.17, 15) is 22.8 Å². The number of nitrogens with two attached hydrogens (primary N) is 1. The van der Waals surface area contributed by atoms with Gasteiger partial charge in [0, 0.05) is 37.2 Å². The largest absolute Gasteiger partial charge is 0.327 e. The smallest absolute Gasteiger partial charge is 0.247 e. The number of benzene rings is 3. The molecule has 3 aromatic rings. The summed E-state index contributed by atoms with van der Waals surface area (Å²) >= 11 is 0. The molecule has 8 heteroatoms. The van der Waals surface area contributed by atoms with Crippen molar-refractivity contribution in [1.82, 2.24) is 4.90 Å². The lowest BCUT2D eigenvalue weighted by Gasteiger charge is -2.30. The summed E-state index contributed by atoms with van der Waals surface area (Å²) in [6.07, 6.45) is -0.0483. The van der Waals surface area contributed by atoms with E-state index in [-0.39, 0.29) is 36.8 Å². The Morgan fingerprint density at radius 3 is 2.44 bits per heavy atom. The van der Waals surface area contributed by atoms with Gasteiger partial charge in [-0.2, -0.15) is 0 Å². The topological polar surface area (TPSA) is 75.4 Å². The van der Waals surface area contributed by atoms with E-state index in [1.807, 2.05) is 42.5 Å². The Labute approximate surface area is 195 Å². The van der Waals surface area contributed by atoms with Gasteiger partial charge in [-0.05, 0) is 35.2 Å². The lowest BCUT2D eigenvalue weighted by molar-refractivity contribution is -0.139. The number of nitrogens with zero attached hydrogens (tertiary/aromatic N) is 1. The second-order valence-electron chi connectivity index (χ2n) is 8.40. The molecule has 0 aromatic heterocycles. The number of halogens is 3. The van der Waals surface area contributed by atoms with Crippen molar-refractivity contribution in [3.8, 4) is 0 Å². The molecular formula is C26H24F3N3O2. The predicted molar refractivity (Wildman–Crippen MR) is 122 cm³/mol. The normalized spacial score (nSPS) is 16.4. The molecule has 34 heavy (non-hydrogen) atoms. The van der Waals surface area contributed by atoms with E-state index in [0.717, 1.165) is 17.2 Å². The van der Waals surface area contributed by atoms with E-state index in [2.05, 4.69) is 5.32 Å². The highest BCUT2D eigenvalue weighted by atomic mass is 19.2. The summed E-state index contributed by atoms with van der Waals surface area (Å²) in [5.41, 5.74) is 8.29. The first-order valence-corrected chi connectivity index (χ1v) is 10.9. The maximum atomic E-state index is 14.0. The van der Waals surface area contributed by atoms with Crippen LogP contribution in [0.4, 0.5) is 18.9 Å². The zero-order valence-electron chi connectivity index (χ0n) is 18.3. The number of fused-ring (bicyclic) bond motifs is 1. The molecule has 0 saturated heterocycles. The van der Waals surface area contributed by atoms with E-state index >= 15 is 0 Å². The number of hydrogen-bond donors (Lipinski definition) is 2. The third kappa shape index (κ3) is 5.28. The molecule has 1 aliphatic rings. The van der Waals surface area contributed by atoms with Gasteiger partial charge in [-0.25, -0.2) is 13.2 Å². The van der Waals surface area contributed by atoms with Crippen LogP contribution in [-0.2, 0) is 29.0 Å². The minimum absolute atomic E-state index is 0.112. The molecule has 0 unspecified atom stereocenters. The average Bonchev–Trinajstić information content (AvgIpc) is 2.94. The molecule has 176 valence electrons. The summed E-state index contributed by atoms with van der Waals surface area (Å²) in [5, 5.41) is 2.90. The number of para-hydroxylation sites is 1. The van der Waals surface area contributed by atoms with Crippen molar-refractivity contribution in [2.24, 2.45) is 5.73 Å². The van der Waals surface area contributed by atoms with Crippen LogP contribution in [0.5, 0.6) is 0 Å². The fourth-order valence-corrected chi connectivity index (χ4v) is 4.15. The van der Waals surface area contributed by atoms with Gasteiger partial charge in [0.25, 0.3) is 0 Å². The Morgan fingerprint density at radius 2 is 1.68 bits per heavy atom. The number of anilines is 1. The Balaban J connectivity index is 1.56. The molecule has 3 aromatic carbocycles. The summed E-state index contributed by atoms with van der Waals surface area (Å²) in [5.74, 6) is -4.10. The van der Waals surface area contributed by atoms with E-state index in [4.69, 9.17) is 5.73 Å². The van der Waals surface area contributed by atoms with Crippen LogP contribution in [-0.4, -0.2) is 28.8 Å². The fourth-order valence-electron chi connectivity index (χ4n) is 4.15. The standard InChI is InChI=1S/C26H24F3N3O2/c27-20-14-22(29)21(28)12-18(20)11-19(30)13-25(33)32-15-17-8-4-5-9-23(17)31-26(34)24(32)10-16-6-2-1-3-7-16/h1-9,12,14,19,24H,10-11,13,15,30H2,(H,31,34)/t19-,24+/m1/s1. The number of rotatable bonds is 6. The first-order chi connectivity index (χ1) is 16.3. The zero-order chi connectivity index (χ0) is 24.2. The third-order valence-corrected chi connectivity index (χ3v) is 5.90. The van der Waals surface area contributed by atoms with Crippen LogP contribution < -0.4 is 11.1 Å². The quantitative estimate of drug-likeness (QED) is 0.539. The molecule has 2 amide bonds. The number of amides is 2. The second-order valence-corrected chi connectivity index (χ2v) is 8.40. The molecule has 1 aliphatic heterocycles. The Morgan fingerprint density at radius 1 is 1.00 bits per heavy atom. The van der Waals surface area contributed by atoms with Crippen molar-refractivity contribution in [1.29, 1.82) is 0 Å². The highest BCUT2D eigenvalue weighted by Gasteiger charge is 2.34. The number of hydrogen-bond acceptors (Lipinski definition) is 3. The van der Waals surface area contributed by atoms with E-state index in [1.54, 1.807) is 12.1 Å². The first-order valence-electron chi connectivity index (χ1n) is 10.9. The van der Waals surface area contributed by atoms with Crippen LogP contribution in [0.1, 0.15) is 23.1 Å². The summed E-state index contributed by atoms with van der Waals surface area (Å²) in [6, 6.07) is 16.2. The molecule has 1 heterocycles. The van der Waals surface area contributed by atoms with Gasteiger partial charge in [0.15, 0.2) is 11.6 Å². The maximum Gasteiger partial charge on any atom is 0.247 e. The van der Waals surface area contributed by atoms with Gasteiger partial charge < -0.3 is 16.0 Å². The van der Waals surface area contributed by atoms with Crippen LogP contribution in [0.15, 0.2) is 66.7 Å². The molecule has 0 bridgehead atoms. The minimum Gasteiger partial charge on any atom is -0.327 e. The summed E-state index contributed by atoms with van der Waals surface area (Å²) in [6.45, 7) is 0.192. The molecule has 0 spiro atoms. The van der Waals surface area contributed by atoms with Crippen LogP contribution in [0, 0.1) is 17.5 Å². The SMILES string of the molecule is N[C@@H](CC(=O)N1Cc2ccccc2NC(=O)[C@@H]1Cc1ccccc1)Cc1cc(F)c(F)cc1F. The predicted octanol–water partition coefficient (Wildman–Crippen LogP) is 3.96. The van der Waals surface area contributed by atoms with Gasteiger partial charge in [-0.15, -0.1) is 0 Å². The lowest BCUT2D eigenvalue weighted by atomic mass is 10.00. The minimum atomic E-state index is -1.29. The Bertz CT molecular complexity index is 1200. The first kappa shape index (κ1) is 23.5. The van der Waals surface area contributed by atoms with Crippen molar-refractivity contribution < 1.29 is 22.8 Å². The maximum absolute atomic E-state index is 14.0. The molecule has 3 N–H and O–H groups in total. The van der Waals surface area contributed by atoms with Gasteiger partial charge in [-0.1, -0.05) is 48.5 Å². The van der Waals surface area contributed by atoms with Crippen LogP contribution in [0.25, 0.3) is 0 Å². The van der Waals surface area contributed by atoms with E-state index in [0.29, 0.717) is 18.2 Å². The molecule has 0 radical (unpaired) electrons. The zero-order valence-corrected chi connectivity index (χ0v) is 18.3. The monoisotopic (exact) mass is 467 g/mol. The number of carbonyl (C=O) groups excluding carboxylic acids is 2. The summed E-state index contributed by atoms with van der Waals surface area (Å²) in [4.78, 5) is 28.0. The van der Waals surface area contributed by atoms with Crippen LogP contribution in [0.2, 0.25) is 0 Å². The van der Waals surface area contributed by atoms with Crippen molar-refractivity contribution in [2.75, 3.05) is 5.32 Å². The van der Waals surface area contributed by atoms with E-state index < -0.39 is 29.5 Å². The molecule has 0 fully saturated rings. The molecule has 0 saturated carbocycles. The van der Waals surface area contributed by atoms with Gasteiger partial charge in [0.1, 0.15) is 11.9 Å². The highest BCUT2D eigenvalue weighted by molar-refractivity contribution is 5.99. The van der Waals surface area contributed by atoms with Gasteiger partial charge >= 0.3 is 0 Å². The highest BCUT2D eigenvalue weighted by Crippen LogP contribution is 2.26. The van der Waals surface area contributed by atoms with Gasteiger partial charge in [-0.3, -0.25) is 9.59 Å². The van der Waals surface area contributed by atoms with Crippen molar-refractivity contribution in [2.45, 2.75) is 37.9 Å².